The molecule has 0 amide bonds. The van der Waals surface area contributed by atoms with Crippen LogP contribution in [0.25, 0.3) is 22.3 Å². The number of hydrogen-bond donors (Lipinski definition) is 11. The highest BCUT2D eigenvalue weighted by molar-refractivity contribution is 5.96. The first-order valence-corrected chi connectivity index (χ1v) is 26.0. The van der Waals surface area contributed by atoms with Gasteiger partial charge in [0, 0.05) is 85.0 Å². The molecule has 77 heavy (non-hydrogen) atoms. The Kier molecular flexibility index (Phi) is 22.5. The fraction of sp³-hybridized carbons (Fsp3) is 0.279. The molecule has 16 nitrogen and oxygen atoms in total. The fourth-order valence-corrected chi connectivity index (χ4v) is 8.45. The molecule has 0 saturated carbocycles. The molecule has 0 aliphatic heterocycles. The number of hydrogen-bond acceptors (Lipinski definition) is 12. The Morgan fingerprint density at radius 3 is 1.39 bits per heavy atom. The number of carboxylic acid groups (broad SMARTS) is 2. The van der Waals surface area contributed by atoms with E-state index in [1.54, 1.807) is 13.1 Å². The van der Waals surface area contributed by atoms with E-state index in [1.807, 2.05) is 116 Å². The van der Waals surface area contributed by atoms with Crippen molar-refractivity contribution in [3.63, 3.8) is 0 Å². The van der Waals surface area contributed by atoms with Crippen molar-refractivity contribution >= 4 is 35.0 Å². The number of pyridine rings is 2. The molecular formula is C61H72N10O6. The number of aromatic nitrogens is 2. The molecule has 5 aromatic carbocycles. The minimum absolute atomic E-state index is 0.0537. The molecule has 0 spiro atoms. The number of carboxylic acids is 2. The summed E-state index contributed by atoms with van der Waals surface area (Å²) in [6.45, 7) is 7.98. The number of benzene rings is 5. The van der Waals surface area contributed by atoms with Crippen LogP contribution in [0.1, 0.15) is 102 Å². The molecule has 2 heterocycles. The van der Waals surface area contributed by atoms with Gasteiger partial charge in [-0.2, -0.15) is 0 Å². The predicted octanol–water partition coefficient (Wildman–Crippen LogP) is 10.7. The number of aromatic hydroxyl groups is 1. The van der Waals surface area contributed by atoms with Crippen molar-refractivity contribution in [1.82, 2.24) is 20.6 Å². The second-order valence-corrected chi connectivity index (χ2v) is 18.8. The lowest BCUT2D eigenvalue weighted by molar-refractivity contribution is -0.138. The summed E-state index contributed by atoms with van der Waals surface area (Å²) in [7, 11) is 0. The van der Waals surface area contributed by atoms with Gasteiger partial charge in [0.05, 0.1) is 11.4 Å². The number of nitrogen functional groups attached to an aromatic ring is 2. The molecule has 0 bridgehead atoms. The predicted molar refractivity (Wildman–Crippen MR) is 306 cm³/mol. The van der Waals surface area contributed by atoms with Gasteiger partial charge in [-0.15, -0.1) is 0 Å². The van der Waals surface area contributed by atoms with E-state index in [1.165, 1.54) is 0 Å². The molecule has 0 saturated heterocycles. The summed E-state index contributed by atoms with van der Waals surface area (Å²) in [4.78, 5) is 30.3. The highest BCUT2D eigenvalue weighted by Crippen LogP contribution is 2.29. The van der Waals surface area contributed by atoms with Crippen molar-refractivity contribution in [3.05, 3.63) is 190 Å². The van der Waals surface area contributed by atoms with Crippen LogP contribution < -0.4 is 37.5 Å². The van der Waals surface area contributed by atoms with Crippen molar-refractivity contribution < 1.29 is 29.6 Å². The van der Waals surface area contributed by atoms with Crippen molar-refractivity contribution in [2.75, 3.05) is 23.7 Å². The number of rotatable bonds is 29. The number of anilines is 2. The smallest absolute Gasteiger partial charge is 0.303 e. The van der Waals surface area contributed by atoms with Crippen LogP contribution in [0.4, 0.5) is 11.4 Å². The molecule has 2 aromatic heterocycles. The van der Waals surface area contributed by atoms with E-state index in [2.05, 4.69) is 55.5 Å². The number of unbranched alkanes of at least 4 members (excludes halogenated alkanes) is 4. The molecule has 0 unspecified atom stereocenters. The summed E-state index contributed by atoms with van der Waals surface area (Å²) in [6, 6.07) is 41.6. The monoisotopic (exact) mass is 1040 g/mol. The summed E-state index contributed by atoms with van der Waals surface area (Å²) in [5.41, 5.74) is 25.1. The molecule has 0 fully saturated rings. The molecule has 13 N–H and O–H groups in total. The van der Waals surface area contributed by atoms with Crippen molar-refractivity contribution in [1.29, 1.82) is 10.8 Å². The van der Waals surface area contributed by atoms with E-state index < -0.39 is 11.9 Å². The quantitative estimate of drug-likeness (QED) is 0.0118. The Balaban J connectivity index is 0.000000254. The molecule has 0 atom stereocenters. The second kappa shape index (κ2) is 30.1. The summed E-state index contributed by atoms with van der Waals surface area (Å²) in [6.07, 6.45) is 9.00. The first-order valence-electron chi connectivity index (χ1n) is 26.0. The number of amidine groups is 2. The zero-order valence-corrected chi connectivity index (χ0v) is 44.0. The van der Waals surface area contributed by atoms with Gasteiger partial charge in [0.15, 0.2) is 0 Å². The number of nitrogens with zero attached hydrogens (tertiary/aromatic N) is 2. The lowest BCUT2D eigenvalue weighted by Crippen LogP contribution is -2.19. The average Bonchev–Trinajstić information content (AvgIpc) is 3.43. The number of nitrogens with one attached hydrogen (secondary N) is 6. The van der Waals surface area contributed by atoms with Crippen LogP contribution in [0.15, 0.2) is 140 Å². The maximum absolute atomic E-state index is 10.8. The summed E-state index contributed by atoms with van der Waals surface area (Å²) in [5, 5.41) is 57.0. The van der Waals surface area contributed by atoms with E-state index in [4.69, 9.17) is 37.2 Å². The number of aryl methyl sites for hydroxylation is 2. The fourth-order valence-electron chi connectivity index (χ4n) is 8.45. The lowest BCUT2D eigenvalue weighted by atomic mass is 10.0. The van der Waals surface area contributed by atoms with Gasteiger partial charge in [0.25, 0.3) is 0 Å². The Labute approximate surface area is 451 Å². The van der Waals surface area contributed by atoms with Crippen LogP contribution in [-0.4, -0.2) is 62.0 Å². The van der Waals surface area contributed by atoms with E-state index >= 15 is 0 Å². The lowest BCUT2D eigenvalue weighted by Gasteiger charge is -2.19. The van der Waals surface area contributed by atoms with Crippen molar-refractivity contribution in [2.24, 2.45) is 11.5 Å². The molecule has 16 heteroatoms. The van der Waals surface area contributed by atoms with Crippen LogP contribution in [0.2, 0.25) is 0 Å². The van der Waals surface area contributed by atoms with Gasteiger partial charge >= 0.3 is 11.9 Å². The highest BCUT2D eigenvalue weighted by atomic mass is 16.5. The summed E-state index contributed by atoms with van der Waals surface area (Å²) < 4.78 is 6.34. The van der Waals surface area contributed by atoms with Crippen LogP contribution in [0.5, 0.6) is 11.5 Å². The van der Waals surface area contributed by atoms with Gasteiger partial charge in [0.1, 0.15) is 29.8 Å². The number of nitrogens with two attached hydrogens (primary N) is 2. The van der Waals surface area contributed by atoms with E-state index in [0.717, 1.165) is 112 Å². The molecule has 402 valence electrons. The average molecular weight is 1040 g/mol. The number of ether oxygens (including phenoxy) is 1. The van der Waals surface area contributed by atoms with E-state index in [9.17, 15) is 14.7 Å². The third kappa shape index (κ3) is 18.6. The van der Waals surface area contributed by atoms with Crippen LogP contribution in [-0.2, 0) is 42.4 Å². The van der Waals surface area contributed by atoms with Crippen molar-refractivity contribution in [2.45, 2.75) is 98.0 Å². The van der Waals surface area contributed by atoms with Crippen LogP contribution >= 0.6 is 0 Å². The standard InChI is InChI=1S/C34H39N5O3.C27H33N5O3/c1-24-33(42-23-25-8-4-2-5-9-25)31(22-37-19-7-3-6-10-32(40)41)29(20-38-24)21-39-30-17-15-27(16-18-30)26-11-13-28(14-12-26)34(35)36;1-18-26(35)24(17-30-14-4-2-3-5-25(33)34)22(15-31-18)16-32-23-12-10-20(11-13-23)19-6-8-21(9-7-19)27(28)29/h2,4-5,8-9,11-18,20,37,39H,3,6-7,10,19,21-23H2,1H3,(H3,35,36)(H,40,41);6-13,15,30,32,35H,2-5,14,16-17H2,1H3,(H3,28,29)(H,33,34). The van der Waals surface area contributed by atoms with E-state index in [-0.39, 0.29) is 30.3 Å². The topological polar surface area (TPSA) is 278 Å². The first-order chi connectivity index (χ1) is 37.2. The summed E-state index contributed by atoms with van der Waals surface area (Å²) in [5.74, 6) is -0.396. The van der Waals surface area contributed by atoms with Gasteiger partial charge < -0.3 is 52.8 Å². The third-order valence-corrected chi connectivity index (χ3v) is 12.9. The largest absolute Gasteiger partial charge is 0.506 e. The molecule has 0 radical (unpaired) electrons. The second-order valence-electron chi connectivity index (χ2n) is 18.8. The third-order valence-electron chi connectivity index (χ3n) is 12.9. The van der Waals surface area contributed by atoms with Crippen molar-refractivity contribution in [3.8, 4) is 33.8 Å². The van der Waals surface area contributed by atoms with Gasteiger partial charge in [0.2, 0.25) is 0 Å². The minimum Gasteiger partial charge on any atom is -0.506 e. The Hall–Kier alpha value is -8.60. The Morgan fingerprint density at radius 2 is 0.948 bits per heavy atom. The Morgan fingerprint density at radius 1 is 0.532 bits per heavy atom. The van der Waals surface area contributed by atoms with Crippen LogP contribution in [0.3, 0.4) is 0 Å². The maximum Gasteiger partial charge on any atom is 0.303 e. The van der Waals surface area contributed by atoms with Gasteiger partial charge in [-0.1, -0.05) is 116 Å². The maximum atomic E-state index is 10.8. The highest BCUT2D eigenvalue weighted by Gasteiger charge is 2.16. The molecule has 7 aromatic rings. The molecular weight excluding hydrogens is 969 g/mol. The molecule has 7 rings (SSSR count). The normalized spacial score (nSPS) is 10.8. The molecule has 0 aliphatic rings. The number of carbonyl (C=O) groups is 2. The Bertz CT molecular complexity index is 3010. The summed E-state index contributed by atoms with van der Waals surface area (Å²) >= 11 is 0. The first kappa shape index (κ1) is 57.7. The zero-order chi connectivity index (χ0) is 54.9. The minimum atomic E-state index is -0.759. The van der Waals surface area contributed by atoms with E-state index in [0.29, 0.717) is 62.4 Å². The van der Waals surface area contributed by atoms with Crippen LogP contribution in [0, 0.1) is 24.7 Å². The van der Waals surface area contributed by atoms with Gasteiger partial charge in [-0.25, -0.2) is 0 Å². The number of aliphatic carboxylic acids is 2. The molecule has 0 aliphatic carbocycles. The SMILES string of the molecule is Cc1ncc(CNc2ccc(-c3ccc(C(=N)N)cc3)cc2)c(CNCCCCCC(=O)O)c1O.Cc1ncc(CNc2ccc(-c3ccc(C(=N)N)cc3)cc2)c(CNCCCCCC(=O)O)c1OCc1ccccc1. The van der Waals surface area contributed by atoms with Gasteiger partial charge in [-0.3, -0.25) is 30.4 Å². The van der Waals surface area contributed by atoms with Gasteiger partial charge in [-0.05, 0) is 116 Å². The zero-order valence-electron chi connectivity index (χ0n) is 44.0.